The first-order chi connectivity index (χ1) is 8.63. The van der Waals surface area contributed by atoms with Crippen LogP contribution in [0.4, 0.5) is 5.69 Å². The molecule has 2 fully saturated rings. The van der Waals surface area contributed by atoms with Crippen LogP contribution in [0.1, 0.15) is 43.5 Å². The summed E-state index contributed by atoms with van der Waals surface area (Å²) in [6, 6.07) is 0. The number of carbonyl (C=O) groups excluding carboxylic acids is 1. The first-order valence-corrected chi connectivity index (χ1v) is 6.95. The van der Waals surface area contributed by atoms with Crippen LogP contribution in [0.2, 0.25) is 0 Å². The number of anilines is 1. The van der Waals surface area contributed by atoms with Crippen molar-refractivity contribution >= 4 is 11.6 Å². The predicted molar refractivity (Wildman–Crippen MR) is 70.2 cm³/mol. The zero-order valence-electron chi connectivity index (χ0n) is 11.1. The van der Waals surface area contributed by atoms with E-state index in [1.54, 1.807) is 0 Å². The topological polar surface area (TPSA) is 57.8 Å². The fraction of sp³-hybridized carbons (Fsp3) is 0.714. The first kappa shape index (κ1) is 11.8. The highest BCUT2D eigenvalue weighted by atomic mass is 16.1. The van der Waals surface area contributed by atoms with Gasteiger partial charge in [0.05, 0.1) is 17.1 Å². The fourth-order valence-corrected chi connectivity index (χ4v) is 3.79. The lowest BCUT2D eigenvalue weighted by Gasteiger charge is -2.20. The van der Waals surface area contributed by atoms with E-state index >= 15 is 0 Å². The van der Waals surface area contributed by atoms with E-state index in [1.165, 1.54) is 25.7 Å². The van der Waals surface area contributed by atoms with Gasteiger partial charge in [-0.1, -0.05) is 6.42 Å². The van der Waals surface area contributed by atoms with Gasteiger partial charge in [0.1, 0.15) is 0 Å². The van der Waals surface area contributed by atoms with Crippen LogP contribution < -0.4 is 5.32 Å². The van der Waals surface area contributed by atoms with Crippen molar-refractivity contribution in [2.45, 2.75) is 46.0 Å². The van der Waals surface area contributed by atoms with Crippen LogP contribution in [0.3, 0.4) is 0 Å². The van der Waals surface area contributed by atoms with Gasteiger partial charge in [-0.25, -0.2) is 0 Å². The molecule has 1 aromatic heterocycles. The Balaban J connectivity index is 1.59. The monoisotopic (exact) mass is 247 g/mol. The van der Waals surface area contributed by atoms with E-state index in [2.05, 4.69) is 15.5 Å². The molecular weight excluding hydrogens is 226 g/mol. The van der Waals surface area contributed by atoms with Crippen LogP contribution in [-0.2, 0) is 4.79 Å². The molecule has 1 aromatic rings. The summed E-state index contributed by atoms with van der Waals surface area (Å²) in [7, 11) is 0. The van der Waals surface area contributed by atoms with Crippen molar-refractivity contribution in [3.05, 3.63) is 11.4 Å². The summed E-state index contributed by atoms with van der Waals surface area (Å²) < 4.78 is 0. The molecule has 0 aromatic carbocycles. The van der Waals surface area contributed by atoms with E-state index in [-0.39, 0.29) is 5.91 Å². The molecule has 3 unspecified atom stereocenters. The summed E-state index contributed by atoms with van der Waals surface area (Å²) in [6.45, 7) is 3.85. The van der Waals surface area contributed by atoms with Crippen molar-refractivity contribution in [1.29, 1.82) is 0 Å². The van der Waals surface area contributed by atoms with Gasteiger partial charge in [-0.15, -0.1) is 0 Å². The Morgan fingerprint density at radius 3 is 2.78 bits per heavy atom. The molecule has 2 bridgehead atoms. The van der Waals surface area contributed by atoms with Crippen LogP contribution >= 0.6 is 0 Å². The number of carbonyl (C=O) groups is 1. The highest BCUT2D eigenvalue weighted by Gasteiger charge is 2.40. The Hall–Kier alpha value is -1.32. The van der Waals surface area contributed by atoms with Crippen molar-refractivity contribution in [1.82, 2.24) is 10.2 Å². The van der Waals surface area contributed by atoms with Crippen molar-refractivity contribution in [3.8, 4) is 0 Å². The Kier molecular flexibility index (Phi) is 2.88. The van der Waals surface area contributed by atoms with E-state index in [4.69, 9.17) is 0 Å². The molecule has 3 atom stereocenters. The Labute approximate surface area is 108 Å². The van der Waals surface area contributed by atoms with Crippen molar-refractivity contribution in [3.63, 3.8) is 0 Å². The second kappa shape index (κ2) is 4.41. The Morgan fingerprint density at radius 1 is 1.39 bits per heavy atom. The van der Waals surface area contributed by atoms with Crippen molar-refractivity contribution in [2.75, 3.05) is 5.32 Å². The molecule has 98 valence electrons. The molecule has 2 N–H and O–H groups in total. The highest BCUT2D eigenvalue weighted by molar-refractivity contribution is 5.92. The summed E-state index contributed by atoms with van der Waals surface area (Å²) in [5.74, 6) is 2.49. The third kappa shape index (κ3) is 2.04. The van der Waals surface area contributed by atoms with Crippen molar-refractivity contribution in [2.24, 2.45) is 17.8 Å². The summed E-state index contributed by atoms with van der Waals surface area (Å²) in [5, 5.41) is 10.0. The number of aromatic amines is 1. The number of aryl methyl sites for hydroxylation is 2. The zero-order chi connectivity index (χ0) is 12.7. The van der Waals surface area contributed by atoms with Crippen LogP contribution in [0.25, 0.3) is 0 Å². The minimum atomic E-state index is 0.153. The molecule has 0 aliphatic heterocycles. The molecule has 0 radical (unpaired) electrons. The second-order valence-electron chi connectivity index (χ2n) is 6.00. The lowest BCUT2D eigenvalue weighted by atomic mass is 9.86. The second-order valence-corrected chi connectivity index (χ2v) is 6.00. The van der Waals surface area contributed by atoms with Gasteiger partial charge in [0, 0.05) is 6.42 Å². The number of nitrogens with zero attached hydrogens (tertiary/aromatic N) is 1. The standard InChI is InChI=1S/C14H21N3O/c1-8-14(9(2)17-16-8)15-13(18)7-12-6-10-3-4-11(12)5-10/h10-12H,3-7H2,1-2H3,(H,15,18)(H,16,17). The van der Waals surface area contributed by atoms with E-state index in [0.717, 1.165) is 28.9 Å². The molecule has 0 saturated heterocycles. The summed E-state index contributed by atoms with van der Waals surface area (Å²) in [4.78, 5) is 12.1. The number of hydrogen-bond acceptors (Lipinski definition) is 2. The van der Waals surface area contributed by atoms with Gasteiger partial charge in [0.15, 0.2) is 0 Å². The minimum Gasteiger partial charge on any atom is -0.323 e. The molecule has 2 aliphatic carbocycles. The Bertz CT molecular complexity index is 446. The van der Waals surface area contributed by atoms with Gasteiger partial charge in [-0.3, -0.25) is 9.89 Å². The molecule has 4 heteroatoms. The first-order valence-electron chi connectivity index (χ1n) is 6.95. The van der Waals surface area contributed by atoms with E-state index in [1.807, 2.05) is 13.8 Å². The maximum absolute atomic E-state index is 12.1. The average molecular weight is 247 g/mol. The van der Waals surface area contributed by atoms with E-state index in [0.29, 0.717) is 12.3 Å². The molecule has 2 aliphatic rings. The quantitative estimate of drug-likeness (QED) is 0.863. The van der Waals surface area contributed by atoms with Crippen molar-refractivity contribution < 1.29 is 4.79 Å². The van der Waals surface area contributed by atoms with Gasteiger partial charge in [-0.2, -0.15) is 5.10 Å². The zero-order valence-corrected chi connectivity index (χ0v) is 11.1. The Morgan fingerprint density at radius 2 is 2.22 bits per heavy atom. The molecule has 4 nitrogen and oxygen atoms in total. The molecule has 1 heterocycles. The minimum absolute atomic E-state index is 0.153. The normalized spacial score (nSPS) is 29.8. The average Bonchev–Trinajstić information content (AvgIpc) is 3.00. The summed E-state index contributed by atoms with van der Waals surface area (Å²) in [5.41, 5.74) is 2.67. The highest BCUT2D eigenvalue weighted by Crippen LogP contribution is 2.49. The van der Waals surface area contributed by atoms with Crippen LogP contribution in [0.15, 0.2) is 0 Å². The molecule has 1 amide bonds. The summed E-state index contributed by atoms with van der Waals surface area (Å²) in [6.07, 6.45) is 6.05. The number of H-pyrrole nitrogens is 1. The lowest BCUT2D eigenvalue weighted by Crippen LogP contribution is -2.20. The molecule has 18 heavy (non-hydrogen) atoms. The fourth-order valence-electron chi connectivity index (χ4n) is 3.79. The number of rotatable bonds is 3. The van der Waals surface area contributed by atoms with Gasteiger partial charge in [-0.05, 0) is 50.9 Å². The van der Waals surface area contributed by atoms with Gasteiger partial charge in [0.2, 0.25) is 5.91 Å². The van der Waals surface area contributed by atoms with Gasteiger partial charge < -0.3 is 5.32 Å². The van der Waals surface area contributed by atoms with E-state index < -0.39 is 0 Å². The maximum atomic E-state index is 12.1. The smallest absolute Gasteiger partial charge is 0.224 e. The van der Waals surface area contributed by atoms with Crippen LogP contribution in [0, 0.1) is 31.6 Å². The molecule has 0 spiro atoms. The SMILES string of the molecule is Cc1n[nH]c(C)c1NC(=O)CC1CC2CCC1C2. The number of hydrogen-bond donors (Lipinski definition) is 2. The third-order valence-corrected chi connectivity index (χ3v) is 4.72. The predicted octanol–water partition coefficient (Wildman–Crippen LogP) is 2.79. The lowest BCUT2D eigenvalue weighted by molar-refractivity contribution is -0.117. The largest absolute Gasteiger partial charge is 0.323 e. The number of fused-ring (bicyclic) bond motifs is 2. The van der Waals surface area contributed by atoms with Crippen LogP contribution in [0.5, 0.6) is 0 Å². The third-order valence-electron chi connectivity index (χ3n) is 4.72. The number of amides is 1. The van der Waals surface area contributed by atoms with E-state index in [9.17, 15) is 4.79 Å². The molecule has 2 saturated carbocycles. The molecular formula is C14H21N3O. The van der Waals surface area contributed by atoms with Gasteiger partial charge in [0.25, 0.3) is 0 Å². The number of nitrogens with one attached hydrogen (secondary N) is 2. The number of aromatic nitrogens is 2. The maximum Gasteiger partial charge on any atom is 0.224 e. The van der Waals surface area contributed by atoms with Crippen LogP contribution in [-0.4, -0.2) is 16.1 Å². The van der Waals surface area contributed by atoms with Gasteiger partial charge >= 0.3 is 0 Å². The summed E-state index contributed by atoms with van der Waals surface area (Å²) >= 11 is 0. The molecule has 3 rings (SSSR count).